The zero-order valence-corrected chi connectivity index (χ0v) is 31.7. The molecular weight excluding hydrogens is 719 g/mol. The molecule has 0 bridgehead atoms. The number of fused-ring (bicyclic) bond motifs is 6. The Bertz CT molecular complexity index is 3240. The molecule has 8 aromatic carbocycles. The first kappa shape index (κ1) is 32.6. The van der Waals surface area contributed by atoms with Crippen molar-refractivity contribution in [2.45, 2.75) is 0 Å². The monoisotopic (exact) mass is 749 g/mol. The average Bonchev–Trinajstić information content (AvgIpc) is 3.85. The summed E-state index contributed by atoms with van der Waals surface area (Å²) in [5.74, 6) is 1.99. The molecule has 0 amide bonds. The molecule has 0 spiro atoms. The predicted molar refractivity (Wildman–Crippen MR) is 238 cm³/mol. The Hall–Kier alpha value is -6.79. The number of aromatic nitrogens is 3. The van der Waals surface area contributed by atoms with Gasteiger partial charge in [0.25, 0.3) is 0 Å². The van der Waals surface area contributed by atoms with E-state index >= 15 is 0 Å². The summed E-state index contributed by atoms with van der Waals surface area (Å²) in [6, 6.07) is 66.9. The quantitative estimate of drug-likeness (QED) is 0.170. The molecule has 56 heavy (non-hydrogen) atoms. The Balaban J connectivity index is 0.981. The summed E-state index contributed by atoms with van der Waals surface area (Å²) in [4.78, 5) is 15.3. The third-order valence-electron chi connectivity index (χ3n) is 10.6. The minimum absolute atomic E-state index is 0.655. The van der Waals surface area contributed by atoms with Crippen LogP contribution in [0.5, 0.6) is 0 Å². The van der Waals surface area contributed by atoms with Gasteiger partial charge < -0.3 is 0 Å². The van der Waals surface area contributed by atoms with Crippen LogP contribution in [0.3, 0.4) is 0 Å². The van der Waals surface area contributed by atoms with Gasteiger partial charge in [0.05, 0.1) is 0 Å². The van der Waals surface area contributed by atoms with Crippen molar-refractivity contribution in [1.82, 2.24) is 15.0 Å². The maximum absolute atomic E-state index is 5.14. The van der Waals surface area contributed by atoms with Gasteiger partial charge in [-0.05, 0) is 63.7 Å². The average molecular weight is 750 g/mol. The van der Waals surface area contributed by atoms with Crippen molar-refractivity contribution in [3.63, 3.8) is 0 Å². The summed E-state index contributed by atoms with van der Waals surface area (Å²) in [5.41, 5.74) is 10.2. The fourth-order valence-electron chi connectivity index (χ4n) is 7.78. The molecule has 0 fully saturated rings. The third-order valence-corrected chi connectivity index (χ3v) is 13.0. The summed E-state index contributed by atoms with van der Waals surface area (Å²) in [6.45, 7) is 0. The molecule has 0 aliphatic heterocycles. The van der Waals surface area contributed by atoms with E-state index < -0.39 is 0 Å². The van der Waals surface area contributed by atoms with E-state index in [9.17, 15) is 0 Å². The molecule has 0 aliphatic carbocycles. The van der Waals surface area contributed by atoms with Crippen LogP contribution in [-0.2, 0) is 0 Å². The molecule has 0 unspecified atom stereocenters. The van der Waals surface area contributed by atoms with Gasteiger partial charge in [-0.1, -0.05) is 158 Å². The van der Waals surface area contributed by atoms with Crippen molar-refractivity contribution in [1.29, 1.82) is 0 Å². The van der Waals surface area contributed by atoms with Gasteiger partial charge >= 0.3 is 0 Å². The van der Waals surface area contributed by atoms with Gasteiger partial charge in [0, 0.05) is 57.0 Å². The minimum Gasteiger partial charge on any atom is -0.208 e. The third kappa shape index (κ3) is 5.68. The highest BCUT2D eigenvalue weighted by Crippen LogP contribution is 2.43. The molecule has 11 rings (SSSR count). The van der Waals surface area contributed by atoms with E-state index in [0.29, 0.717) is 17.5 Å². The van der Waals surface area contributed by atoms with Crippen molar-refractivity contribution < 1.29 is 0 Å². The van der Waals surface area contributed by atoms with Crippen molar-refractivity contribution in [3.8, 4) is 67.5 Å². The first-order chi connectivity index (χ1) is 27.7. The van der Waals surface area contributed by atoms with Gasteiger partial charge in [0.15, 0.2) is 17.5 Å². The first-order valence-corrected chi connectivity index (χ1v) is 20.3. The molecule has 11 aromatic rings. The van der Waals surface area contributed by atoms with Gasteiger partial charge in [-0.15, -0.1) is 22.7 Å². The molecule has 0 atom stereocenters. The first-order valence-electron chi connectivity index (χ1n) is 18.7. The van der Waals surface area contributed by atoms with Crippen LogP contribution in [0.1, 0.15) is 0 Å². The van der Waals surface area contributed by atoms with Gasteiger partial charge in [0.2, 0.25) is 0 Å². The van der Waals surface area contributed by atoms with Gasteiger partial charge in [0.1, 0.15) is 0 Å². The lowest BCUT2D eigenvalue weighted by molar-refractivity contribution is 1.08. The van der Waals surface area contributed by atoms with Crippen LogP contribution >= 0.6 is 22.7 Å². The highest BCUT2D eigenvalue weighted by molar-refractivity contribution is 7.26. The van der Waals surface area contributed by atoms with Crippen LogP contribution in [0.15, 0.2) is 188 Å². The molecule has 3 heterocycles. The fraction of sp³-hybridized carbons (Fsp3) is 0. The predicted octanol–water partition coefficient (Wildman–Crippen LogP) is 14.6. The molecule has 5 heteroatoms. The highest BCUT2D eigenvalue weighted by Gasteiger charge is 2.17. The largest absolute Gasteiger partial charge is 0.208 e. The molecule has 0 saturated carbocycles. The van der Waals surface area contributed by atoms with Crippen LogP contribution in [0, 0.1) is 0 Å². The number of rotatable bonds is 6. The Kier molecular flexibility index (Phi) is 7.87. The van der Waals surface area contributed by atoms with Crippen molar-refractivity contribution in [3.05, 3.63) is 188 Å². The minimum atomic E-state index is 0.655. The molecule has 0 N–H and O–H groups in total. The Morgan fingerprint density at radius 2 is 0.732 bits per heavy atom. The number of hydrogen-bond acceptors (Lipinski definition) is 5. The van der Waals surface area contributed by atoms with Crippen LogP contribution in [0.25, 0.3) is 108 Å². The molecule has 3 aromatic heterocycles. The Morgan fingerprint density at radius 3 is 1.48 bits per heavy atom. The van der Waals surface area contributed by atoms with Crippen LogP contribution in [0.4, 0.5) is 0 Å². The second-order valence-electron chi connectivity index (χ2n) is 14.0. The topological polar surface area (TPSA) is 38.7 Å². The highest BCUT2D eigenvalue weighted by atomic mass is 32.1. The smallest absolute Gasteiger partial charge is 0.165 e. The van der Waals surface area contributed by atoms with E-state index in [1.54, 1.807) is 11.3 Å². The van der Waals surface area contributed by atoms with Gasteiger partial charge in [-0.2, -0.15) is 0 Å². The number of benzene rings is 8. The van der Waals surface area contributed by atoms with E-state index in [4.69, 9.17) is 15.0 Å². The summed E-state index contributed by atoms with van der Waals surface area (Å²) in [5, 5.41) is 5.04. The van der Waals surface area contributed by atoms with Crippen LogP contribution < -0.4 is 0 Å². The molecule has 0 saturated heterocycles. The molecule has 262 valence electrons. The Morgan fingerprint density at radius 1 is 0.268 bits per heavy atom. The van der Waals surface area contributed by atoms with E-state index in [1.807, 2.05) is 29.5 Å². The fourth-order valence-corrected chi connectivity index (χ4v) is 10.2. The van der Waals surface area contributed by atoms with Crippen LogP contribution in [0.2, 0.25) is 0 Å². The van der Waals surface area contributed by atoms with Crippen molar-refractivity contribution in [2.75, 3.05) is 0 Å². The number of nitrogens with zero attached hydrogens (tertiary/aromatic N) is 3. The summed E-state index contributed by atoms with van der Waals surface area (Å²) in [7, 11) is 0. The van der Waals surface area contributed by atoms with E-state index in [2.05, 4.69) is 170 Å². The lowest BCUT2D eigenvalue weighted by atomic mass is 9.97. The lowest BCUT2D eigenvalue weighted by Gasteiger charge is -2.10. The normalized spacial score (nSPS) is 11.6. The van der Waals surface area contributed by atoms with E-state index in [0.717, 1.165) is 22.3 Å². The maximum Gasteiger partial charge on any atom is 0.165 e. The number of thiophene rings is 2. The zero-order chi connectivity index (χ0) is 37.0. The maximum atomic E-state index is 5.14. The Labute approximate surface area is 331 Å². The lowest BCUT2D eigenvalue weighted by Crippen LogP contribution is -2.00. The SMILES string of the molecule is c1ccc(-c2cccc(-c3ccc4sc5c(-c6ccc(-c7nc(-c8ccccc8)nc(-c8cccc9c8sc8ccccc89)n7)cc6)cccc5c4c3)c2)cc1. The molecular formula is C51H31N3S2. The van der Waals surface area contributed by atoms with Crippen LogP contribution in [-0.4, -0.2) is 15.0 Å². The number of hydrogen-bond donors (Lipinski definition) is 0. The summed E-state index contributed by atoms with van der Waals surface area (Å²) >= 11 is 3.64. The summed E-state index contributed by atoms with van der Waals surface area (Å²) < 4.78 is 5.01. The molecule has 0 radical (unpaired) electrons. The second kappa shape index (κ2) is 13.5. The van der Waals surface area contributed by atoms with Crippen molar-refractivity contribution in [2.24, 2.45) is 0 Å². The summed E-state index contributed by atoms with van der Waals surface area (Å²) in [6.07, 6.45) is 0. The molecule has 0 aliphatic rings. The standard InChI is InChI=1S/C51H31N3S2/c1-3-12-32(13-4-1)36-16-9-17-37(30-36)38-28-29-46-44(31-38)42-21-10-19-39(47(42)56-46)33-24-26-35(27-25-33)50-52-49(34-14-5-2-6-15-34)53-51(54-50)43-22-11-20-41-40-18-7-8-23-45(40)55-48(41)43/h1-31H. The zero-order valence-electron chi connectivity index (χ0n) is 30.1. The second-order valence-corrected chi connectivity index (χ2v) is 16.1. The molecule has 3 nitrogen and oxygen atoms in total. The van der Waals surface area contributed by atoms with Gasteiger partial charge in [-0.25, -0.2) is 15.0 Å². The van der Waals surface area contributed by atoms with Crippen molar-refractivity contribution >= 4 is 63.0 Å². The van der Waals surface area contributed by atoms with E-state index in [-0.39, 0.29) is 0 Å². The van der Waals surface area contributed by atoms with Gasteiger partial charge in [-0.3, -0.25) is 0 Å². The van der Waals surface area contributed by atoms with E-state index in [1.165, 1.54) is 68.2 Å².